The van der Waals surface area contributed by atoms with Gasteiger partial charge in [-0.2, -0.15) is 0 Å². The Hall–Kier alpha value is -1.58. The van der Waals surface area contributed by atoms with E-state index in [1.807, 2.05) is 0 Å². The number of carbonyl (C=O) groups is 1. The monoisotopic (exact) mass is 206 g/mol. The standard InChI is InChI=1S/C11H14N2O2/c1-7-2-9(3-7)13-11(15)8-4-10(14)6-12-5-8/h4-7,9,14H,2-3H2,1H3,(H,13,15). The van der Waals surface area contributed by atoms with Crippen LogP contribution < -0.4 is 5.32 Å². The van der Waals surface area contributed by atoms with E-state index in [1.165, 1.54) is 18.5 Å². The predicted octanol–water partition coefficient (Wildman–Crippen LogP) is 1.32. The van der Waals surface area contributed by atoms with E-state index in [1.54, 1.807) is 0 Å². The zero-order valence-corrected chi connectivity index (χ0v) is 8.60. The number of hydrogen-bond acceptors (Lipinski definition) is 3. The second kappa shape index (κ2) is 3.88. The summed E-state index contributed by atoms with van der Waals surface area (Å²) in [6, 6.07) is 1.71. The fraction of sp³-hybridized carbons (Fsp3) is 0.455. The Kier molecular flexibility index (Phi) is 2.58. The van der Waals surface area contributed by atoms with E-state index >= 15 is 0 Å². The third kappa shape index (κ3) is 2.26. The molecular weight excluding hydrogens is 192 g/mol. The zero-order chi connectivity index (χ0) is 10.8. The smallest absolute Gasteiger partial charge is 0.253 e. The SMILES string of the molecule is CC1CC(NC(=O)c2cncc(O)c2)C1. The highest BCUT2D eigenvalue weighted by atomic mass is 16.3. The van der Waals surface area contributed by atoms with Gasteiger partial charge in [-0.1, -0.05) is 6.92 Å². The molecule has 1 saturated carbocycles. The molecule has 1 aromatic heterocycles. The number of aromatic nitrogens is 1. The van der Waals surface area contributed by atoms with Gasteiger partial charge in [0.2, 0.25) is 0 Å². The molecule has 0 aromatic carbocycles. The third-order valence-corrected chi connectivity index (χ3v) is 2.69. The highest BCUT2D eigenvalue weighted by Gasteiger charge is 2.26. The molecule has 15 heavy (non-hydrogen) atoms. The van der Waals surface area contributed by atoms with Crippen LogP contribution in [-0.2, 0) is 0 Å². The molecule has 2 rings (SSSR count). The largest absolute Gasteiger partial charge is 0.506 e. The maximum atomic E-state index is 11.6. The Morgan fingerprint density at radius 3 is 2.87 bits per heavy atom. The Balaban J connectivity index is 1.96. The molecule has 0 aliphatic heterocycles. The summed E-state index contributed by atoms with van der Waals surface area (Å²) in [5.41, 5.74) is 0.412. The van der Waals surface area contributed by atoms with Crippen molar-refractivity contribution in [2.45, 2.75) is 25.8 Å². The molecule has 1 aliphatic carbocycles. The quantitative estimate of drug-likeness (QED) is 0.767. The van der Waals surface area contributed by atoms with Crippen molar-refractivity contribution >= 4 is 5.91 Å². The second-order valence-corrected chi connectivity index (χ2v) is 4.18. The Labute approximate surface area is 88.3 Å². The van der Waals surface area contributed by atoms with Gasteiger partial charge in [-0.3, -0.25) is 9.78 Å². The van der Waals surface area contributed by atoms with E-state index in [9.17, 15) is 4.79 Å². The van der Waals surface area contributed by atoms with E-state index in [2.05, 4.69) is 17.2 Å². The van der Waals surface area contributed by atoms with Crippen LogP contribution in [0.5, 0.6) is 5.75 Å². The van der Waals surface area contributed by atoms with E-state index < -0.39 is 0 Å². The average Bonchev–Trinajstić information content (AvgIpc) is 2.15. The number of aromatic hydroxyl groups is 1. The molecule has 80 valence electrons. The number of hydrogen-bond donors (Lipinski definition) is 2. The van der Waals surface area contributed by atoms with Crippen LogP contribution in [0.2, 0.25) is 0 Å². The lowest BCUT2D eigenvalue weighted by molar-refractivity contribution is 0.0895. The van der Waals surface area contributed by atoms with Gasteiger partial charge in [-0.25, -0.2) is 0 Å². The van der Waals surface area contributed by atoms with Crippen molar-refractivity contribution in [1.29, 1.82) is 0 Å². The maximum absolute atomic E-state index is 11.6. The van der Waals surface area contributed by atoms with E-state index in [0.717, 1.165) is 12.8 Å². The van der Waals surface area contributed by atoms with Crippen molar-refractivity contribution in [2.24, 2.45) is 5.92 Å². The van der Waals surface area contributed by atoms with E-state index in [-0.39, 0.29) is 17.7 Å². The Bertz CT molecular complexity index is 373. The molecule has 1 heterocycles. The van der Waals surface area contributed by atoms with Crippen LogP contribution in [0.3, 0.4) is 0 Å². The highest BCUT2D eigenvalue weighted by Crippen LogP contribution is 2.26. The summed E-state index contributed by atoms with van der Waals surface area (Å²) in [5, 5.41) is 12.1. The third-order valence-electron chi connectivity index (χ3n) is 2.69. The number of rotatable bonds is 2. The lowest BCUT2D eigenvalue weighted by atomic mass is 9.82. The van der Waals surface area contributed by atoms with Gasteiger partial charge in [0.05, 0.1) is 11.8 Å². The van der Waals surface area contributed by atoms with Gasteiger partial charge in [-0.05, 0) is 24.8 Å². The van der Waals surface area contributed by atoms with Crippen molar-refractivity contribution in [3.8, 4) is 5.75 Å². The Morgan fingerprint density at radius 1 is 1.53 bits per heavy atom. The molecule has 0 bridgehead atoms. The number of pyridine rings is 1. The summed E-state index contributed by atoms with van der Waals surface area (Å²) in [6.07, 6.45) is 4.84. The van der Waals surface area contributed by atoms with Gasteiger partial charge in [0.25, 0.3) is 5.91 Å². The van der Waals surface area contributed by atoms with Gasteiger partial charge in [0.1, 0.15) is 5.75 Å². The summed E-state index contributed by atoms with van der Waals surface area (Å²) in [6.45, 7) is 2.17. The van der Waals surface area contributed by atoms with E-state index in [0.29, 0.717) is 11.5 Å². The van der Waals surface area contributed by atoms with Crippen LogP contribution in [0, 0.1) is 5.92 Å². The predicted molar refractivity (Wildman–Crippen MR) is 55.6 cm³/mol. The van der Waals surface area contributed by atoms with Gasteiger partial charge < -0.3 is 10.4 Å². The molecule has 0 radical (unpaired) electrons. The lowest BCUT2D eigenvalue weighted by Crippen LogP contribution is -2.43. The first-order chi connectivity index (χ1) is 7.15. The fourth-order valence-corrected chi connectivity index (χ4v) is 1.84. The van der Waals surface area contributed by atoms with Crippen molar-refractivity contribution < 1.29 is 9.90 Å². The summed E-state index contributed by atoms with van der Waals surface area (Å²) in [5.74, 6) is 0.567. The average molecular weight is 206 g/mol. The number of nitrogens with one attached hydrogen (secondary N) is 1. The zero-order valence-electron chi connectivity index (χ0n) is 8.60. The Morgan fingerprint density at radius 2 is 2.27 bits per heavy atom. The summed E-state index contributed by atoms with van der Waals surface area (Å²) in [4.78, 5) is 15.4. The van der Waals surface area contributed by atoms with Crippen LogP contribution in [0.4, 0.5) is 0 Å². The fourth-order valence-electron chi connectivity index (χ4n) is 1.84. The van der Waals surface area contributed by atoms with Crippen LogP contribution in [-0.4, -0.2) is 22.0 Å². The number of amides is 1. The topological polar surface area (TPSA) is 62.2 Å². The van der Waals surface area contributed by atoms with Crippen molar-refractivity contribution in [1.82, 2.24) is 10.3 Å². The van der Waals surface area contributed by atoms with Crippen LogP contribution >= 0.6 is 0 Å². The first kappa shape index (κ1) is 9.96. The van der Waals surface area contributed by atoms with Crippen molar-refractivity contribution in [2.75, 3.05) is 0 Å². The molecular formula is C11H14N2O2. The van der Waals surface area contributed by atoms with Gasteiger partial charge in [-0.15, -0.1) is 0 Å². The molecule has 0 unspecified atom stereocenters. The normalized spacial score (nSPS) is 24.3. The first-order valence-electron chi connectivity index (χ1n) is 5.10. The molecule has 0 spiro atoms. The summed E-state index contributed by atoms with van der Waals surface area (Å²) < 4.78 is 0. The van der Waals surface area contributed by atoms with Gasteiger partial charge in [0.15, 0.2) is 0 Å². The maximum Gasteiger partial charge on any atom is 0.253 e. The first-order valence-corrected chi connectivity index (χ1v) is 5.10. The molecule has 1 aromatic rings. The molecule has 2 N–H and O–H groups in total. The molecule has 0 atom stereocenters. The molecule has 1 fully saturated rings. The number of carbonyl (C=O) groups excluding carboxylic acids is 1. The minimum absolute atomic E-state index is 0.0182. The minimum Gasteiger partial charge on any atom is -0.506 e. The molecule has 4 heteroatoms. The minimum atomic E-state index is -0.157. The molecule has 1 amide bonds. The van der Waals surface area contributed by atoms with Crippen LogP contribution in [0.25, 0.3) is 0 Å². The number of nitrogens with zero attached hydrogens (tertiary/aromatic N) is 1. The van der Waals surface area contributed by atoms with Crippen LogP contribution in [0.1, 0.15) is 30.1 Å². The van der Waals surface area contributed by atoms with Crippen LogP contribution in [0.15, 0.2) is 18.5 Å². The lowest BCUT2D eigenvalue weighted by Gasteiger charge is -2.33. The highest BCUT2D eigenvalue weighted by molar-refractivity contribution is 5.94. The van der Waals surface area contributed by atoms with E-state index in [4.69, 9.17) is 5.11 Å². The van der Waals surface area contributed by atoms with Crippen molar-refractivity contribution in [3.63, 3.8) is 0 Å². The molecule has 4 nitrogen and oxygen atoms in total. The molecule has 0 saturated heterocycles. The van der Waals surface area contributed by atoms with Gasteiger partial charge in [0, 0.05) is 12.2 Å². The summed E-state index contributed by atoms with van der Waals surface area (Å²) in [7, 11) is 0. The van der Waals surface area contributed by atoms with Gasteiger partial charge >= 0.3 is 0 Å². The molecule has 1 aliphatic rings. The second-order valence-electron chi connectivity index (χ2n) is 4.18. The van der Waals surface area contributed by atoms with Crippen molar-refractivity contribution in [3.05, 3.63) is 24.0 Å². The summed E-state index contributed by atoms with van der Waals surface area (Å²) >= 11 is 0.